The van der Waals surface area contributed by atoms with Crippen LogP contribution < -0.4 is 5.32 Å². The van der Waals surface area contributed by atoms with Crippen molar-refractivity contribution in [1.82, 2.24) is 15.1 Å². The van der Waals surface area contributed by atoms with Gasteiger partial charge in [-0.05, 0) is 35.0 Å². The minimum Gasteiger partial charge on any atom is -0.306 e. The molecule has 92 valence electrons. The van der Waals surface area contributed by atoms with Crippen LogP contribution in [0.1, 0.15) is 16.3 Å². The lowest BCUT2D eigenvalue weighted by atomic mass is 10.3. The fourth-order valence-electron chi connectivity index (χ4n) is 1.62. The van der Waals surface area contributed by atoms with Crippen molar-refractivity contribution in [3.05, 3.63) is 37.2 Å². The first-order valence-corrected chi connectivity index (χ1v) is 7.19. The van der Waals surface area contributed by atoms with Gasteiger partial charge in [-0.25, -0.2) is 0 Å². The van der Waals surface area contributed by atoms with Gasteiger partial charge in [0.15, 0.2) is 0 Å². The number of hydrogen-bond acceptors (Lipinski definition) is 3. The lowest BCUT2D eigenvalue weighted by Gasteiger charge is -2.04. The zero-order valence-electron chi connectivity index (χ0n) is 9.63. The Bertz CT molecular complexity index is 521. The Hall–Kier alpha value is -0.360. The van der Waals surface area contributed by atoms with Gasteiger partial charge in [0.1, 0.15) is 0 Å². The molecule has 0 aliphatic rings. The van der Waals surface area contributed by atoms with Gasteiger partial charge in [-0.2, -0.15) is 5.10 Å². The number of thiophene rings is 1. The molecule has 0 aliphatic carbocycles. The normalized spacial score (nSPS) is 11.1. The molecule has 1 N–H and O–H groups in total. The summed E-state index contributed by atoms with van der Waals surface area (Å²) in [6.45, 7) is 3.49. The largest absolute Gasteiger partial charge is 0.306 e. The van der Waals surface area contributed by atoms with Crippen molar-refractivity contribution in [2.45, 2.75) is 20.0 Å². The van der Waals surface area contributed by atoms with Gasteiger partial charge in [0.2, 0.25) is 0 Å². The molecule has 0 fully saturated rings. The second-order valence-electron chi connectivity index (χ2n) is 3.78. The van der Waals surface area contributed by atoms with E-state index in [1.807, 2.05) is 18.7 Å². The van der Waals surface area contributed by atoms with Crippen LogP contribution in [0, 0.1) is 6.92 Å². The maximum absolute atomic E-state index is 6.17. The predicted octanol–water partition coefficient (Wildman–Crippen LogP) is 3.50. The van der Waals surface area contributed by atoms with Crippen molar-refractivity contribution in [3.63, 3.8) is 0 Å². The zero-order valence-corrected chi connectivity index (χ0v) is 12.8. The monoisotopic (exact) mass is 333 g/mol. The van der Waals surface area contributed by atoms with E-state index < -0.39 is 0 Å². The Morgan fingerprint density at radius 1 is 1.47 bits per heavy atom. The Morgan fingerprint density at radius 2 is 2.24 bits per heavy atom. The van der Waals surface area contributed by atoms with Gasteiger partial charge in [0.05, 0.1) is 20.2 Å². The summed E-state index contributed by atoms with van der Waals surface area (Å²) in [6.07, 6.45) is 0. The van der Waals surface area contributed by atoms with Gasteiger partial charge in [-0.1, -0.05) is 11.6 Å². The van der Waals surface area contributed by atoms with Crippen LogP contribution in [0.3, 0.4) is 0 Å². The molecule has 0 unspecified atom stereocenters. The minimum absolute atomic E-state index is 0.728. The number of hydrogen-bond donors (Lipinski definition) is 1. The van der Waals surface area contributed by atoms with Crippen molar-refractivity contribution in [3.8, 4) is 0 Å². The van der Waals surface area contributed by atoms with E-state index in [-0.39, 0.29) is 0 Å². The molecule has 0 amide bonds. The maximum atomic E-state index is 6.17. The molecule has 0 saturated heterocycles. The summed E-state index contributed by atoms with van der Waals surface area (Å²) in [5.41, 5.74) is 1.91. The first kappa shape index (κ1) is 13.1. The summed E-state index contributed by atoms with van der Waals surface area (Å²) >= 11 is 11.4. The number of nitrogens with one attached hydrogen (secondary N) is 1. The molecule has 6 heteroatoms. The molecule has 17 heavy (non-hydrogen) atoms. The van der Waals surface area contributed by atoms with Crippen LogP contribution in [0.25, 0.3) is 0 Å². The summed E-state index contributed by atoms with van der Waals surface area (Å²) in [5, 5.41) is 8.41. The molecule has 0 atom stereocenters. The number of aryl methyl sites for hydroxylation is 2. The molecule has 2 aromatic heterocycles. The van der Waals surface area contributed by atoms with Crippen LogP contribution in [0.4, 0.5) is 0 Å². The van der Waals surface area contributed by atoms with Crippen molar-refractivity contribution in [2.75, 3.05) is 0 Å². The lowest BCUT2D eigenvalue weighted by Crippen LogP contribution is -2.14. The molecule has 0 saturated carbocycles. The van der Waals surface area contributed by atoms with Crippen LogP contribution in [0.2, 0.25) is 5.02 Å². The average Bonchev–Trinajstić information content (AvgIpc) is 2.78. The van der Waals surface area contributed by atoms with Gasteiger partial charge >= 0.3 is 0 Å². The summed E-state index contributed by atoms with van der Waals surface area (Å²) in [4.78, 5) is 1.30. The van der Waals surface area contributed by atoms with E-state index in [2.05, 4.69) is 38.5 Å². The summed E-state index contributed by atoms with van der Waals surface area (Å²) < 4.78 is 2.98. The van der Waals surface area contributed by atoms with Gasteiger partial charge < -0.3 is 5.32 Å². The Labute approximate surface area is 118 Å². The van der Waals surface area contributed by atoms with E-state index in [4.69, 9.17) is 11.6 Å². The van der Waals surface area contributed by atoms with Crippen molar-refractivity contribution < 1.29 is 0 Å². The number of halogens is 2. The fraction of sp³-hybridized carbons (Fsp3) is 0.364. The summed E-state index contributed by atoms with van der Waals surface area (Å²) in [7, 11) is 1.91. The Morgan fingerprint density at radius 3 is 2.76 bits per heavy atom. The predicted molar refractivity (Wildman–Crippen MR) is 75.5 cm³/mol. The van der Waals surface area contributed by atoms with Crippen LogP contribution >= 0.6 is 38.9 Å². The molecular formula is C11H13BrClN3S. The molecule has 3 nitrogen and oxygen atoms in total. The number of rotatable bonds is 4. The minimum atomic E-state index is 0.728. The molecule has 0 aliphatic heterocycles. The molecule has 0 aromatic carbocycles. The third kappa shape index (κ3) is 3.10. The standard InChI is InChI=1S/C11H13BrClN3S/c1-7-11(13)9(16(2)15-7)6-14-5-8-3-4-10(12)17-8/h3-4,14H,5-6H2,1-2H3. The van der Waals surface area contributed by atoms with E-state index in [0.717, 1.165) is 33.3 Å². The van der Waals surface area contributed by atoms with Crippen LogP contribution in [0.15, 0.2) is 15.9 Å². The van der Waals surface area contributed by atoms with E-state index in [1.165, 1.54) is 4.88 Å². The smallest absolute Gasteiger partial charge is 0.0860 e. The highest BCUT2D eigenvalue weighted by atomic mass is 79.9. The fourth-order valence-corrected chi connectivity index (χ4v) is 3.30. The average molecular weight is 335 g/mol. The zero-order chi connectivity index (χ0) is 12.4. The van der Waals surface area contributed by atoms with Crippen molar-refractivity contribution >= 4 is 38.9 Å². The highest BCUT2D eigenvalue weighted by Crippen LogP contribution is 2.22. The SMILES string of the molecule is Cc1nn(C)c(CNCc2ccc(Br)s2)c1Cl. The number of aromatic nitrogens is 2. The second-order valence-corrected chi connectivity index (χ2v) is 6.70. The third-order valence-electron chi connectivity index (χ3n) is 2.48. The molecule has 2 aromatic rings. The summed E-state index contributed by atoms with van der Waals surface area (Å²) in [5.74, 6) is 0. The second kappa shape index (κ2) is 5.52. The molecule has 2 heterocycles. The summed E-state index contributed by atoms with van der Waals surface area (Å²) in [6, 6.07) is 4.17. The van der Waals surface area contributed by atoms with Crippen molar-refractivity contribution in [1.29, 1.82) is 0 Å². The van der Waals surface area contributed by atoms with Crippen molar-refractivity contribution in [2.24, 2.45) is 7.05 Å². The highest BCUT2D eigenvalue weighted by molar-refractivity contribution is 9.11. The van der Waals surface area contributed by atoms with Gasteiger partial charge in [0.25, 0.3) is 0 Å². The first-order valence-electron chi connectivity index (χ1n) is 5.21. The van der Waals surface area contributed by atoms with Gasteiger partial charge in [0, 0.05) is 25.0 Å². The van der Waals surface area contributed by atoms with Gasteiger partial charge in [-0.15, -0.1) is 11.3 Å². The van der Waals surface area contributed by atoms with Crippen LogP contribution in [0.5, 0.6) is 0 Å². The number of nitrogens with zero attached hydrogens (tertiary/aromatic N) is 2. The van der Waals surface area contributed by atoms with E-state index in [1.54, 1.807) is 11.3 Å². The lowest BCUT2D eigenvalue weighted by molar-refractivity contribution is 0.628. The molecule has 2 rings (SSSR count). The van der Waals surface area contributed by atoms with Crippen LogP contribution in [-0.2, 0) is 20.1 Å². The molecular weight excluding hydrogens is 322 g/mol. The highest BCUT2D eigenvalue weighted by Gasteiger charge is 2.10. The van der Waals surface area contributed by atoms with E-state index in [9.17, 15) is 0 Å². The van der Waals surface area contributed by atoms with E-state index >= 15 is 0 Å². The van der Waals surface area contributed by atoms with Crippen LogP contribution in [-0.4, -0.2) is 9.78 Å². The quantitative estimate of drug-likeness (QED) is 0.927. The Balaban J connectivity index is 1.94. The first-order chi connectivity index (χ1) is 8.08. The maximum Gasteiger partial charge on any atom is 0.0860 e. The Kier molecular flexibility index (Phi) is 4.25. The van der Waals surface area contributed by atoms with E-state index in [0.29, 0.717) is 0 Å². The molecule has 0 bridgehead atoms. The molecule has 0 spiro atoms. The molecule has 0 radical (unpaired) electrons. The topological polar surface area (TPSA) is 29.9 Å². The van der Waals surface area contributed by atoms with Gasteiger partial charge in [-0.3, -0.25) is 4.68 Å². The third-order valence-corrected chi connectivity index (χ3v) is 4.60.